The van der Waals surface area contributed by atoms with E-state index in [4.69, 9.17) is 4.42 Å². The van der Waals surface area contributed by atoms with Gasteiger partial charge in [0.1, 0.15) is 0 Å². The summed E-state index contributed by atoms with van der Waals surface area (Å²) in [5.74, 6) is -4.37. The predicted octanol–water partition coefficient (Wildman–Crippen LogP) is 4.09. The highest BCUT2D eigenvalue weighted by molar-refractivity contribution is 5.92. The van der Waals surface area contributed by atoms with Crippen LogP contribution in [0.5, 0.6) is 0 Å². The van der Waals surface area contributed by atoms with Crippen LogP contribution in [0, 0.1) is 24.4 Å². The van der Waals surface area contributed by atoms with E-state index >= 15 is 0 Å². The minimum Gasteiger partial charge on any atom is -0.419 e. The van der Waals surface area contributed by atoms with Crippen molar-refractivity contribution in [3.05, 3.63) is 65.3 Å². The summed E-state index contributed by atoms with van der Waals surface area (Å²) in [5.41, 5.74) is 1.40. The Morgan fingerprint density at radius 1 is 1.17 bits per heavy atom. The number of benzene rings is 2. The number of likely N-dealkylation sites (N-methyl/N-ethyl adjacent to an activating group) is 1. The van der Waals surface area contributed by atoms with Crippen LogP contribution in [0.2, 0.25) is 0 Å². The molecule has 3 aromatic rings. The third kappa shape index (κ3) is 4.62. The number of amides is 1. The molecule has 0 saturated carbocycles. The number of rotatable bonds is 6. The molecule has 152 valence electrons. The Hall–Kier alpha value is -3.20. The molecule has 0 aliphatic heterocycles. The van der Waals surface area contributed by atoms with Crippen LogP contribution in [-0.2, 0) is 4.79 Å². The third-order valence-corrected chi connectivity index (χ3v) is 4.43. The largest absolute Gasteiger partial charge is 0.419 e. The number of anilines is 1. The van der Waals surface area contributed by atoms with Crippen LogP contribution in [0.1, 0.15) is 24.4 Å². The Morgan fingerprint density at radius 2 is 1.93 bits per heavy atom. The van der Waals surface area contributed by atoms with Crippen LogP contribution < -0.4 is 5.32 Å². The smallest absolute Gasteiger partial charge is 0.247 e. The van der Waals surface area contributed by atoms with Crippen molar-refractivity contribution in [2.75, 3.05) is 18.9 Å². The fourth-order valence-corrected chi connectivity index (χ4v) is 2.66. The number of nitrogens with one attached hydrogen (secondary N) is 1. The van der Waals surface area contributed by atoms with Gasteiger partial charge in [-0.15, -0.1) is 10.2 Å². The molecule has 1 aromatic heterocycles. The molecular weight excluding hydrogens is 385 g/mol. The van der Waals surface area contributed by atoms with Gasteiger partial charge in [0.2, 0.25) is 17.7 Å². The monoisotopic (exact) mass is 404 g/mol. The van der Waals surface area contributed by atoms with E-state index in [1.54, 1.807) is 18.9 Å². The van der Waals surface area contributed by atoms with Gasteiger partial charge in [-0.1, -0.05) is 17.7 Å². The summed E-state index contributed by atoms with van der Waals surface area (Å²) < 4.78 is 45.7. The lowest BCUT2D eigenvalue weighted by atomic mass is 10.1. The average molecular weight is 404 g/mol. The second-order valence-electron chi connectivity index (χ2n) is 6.68. The van der Waals surface area contributed by atoms with E-state index in [0.29, 0.717) is 11.8 Å². The van der Waals surface area contributed by atoms with Crippen molar-refractivity contribution >= 4 is 11.6 Å². The summed E-state index contributed by atoms with van der Waals surface area (Å²) in [6.45, 7) is 3.55. The molecule has 0 unspecified atom stereocenters. The molecule has 0 saturated heterocycles. The molecule has 9 heteroatoms. The number of hydrogen-bond donors (Lipinski definition) is 1. The normalized spacial score (nSPS) is 12.2. The SMILES string of the molecule is Cc1cccc(-c2nnc([C@@H](C)N(C)CC(=O)Nc3ccc(F)c(F)c3F)o2)c1. The quantitative estimate of drug-likeness (QED) is 0.627. The Bertz CT molecular complexity index is 1040. The maximum absolute atomic E-state index is 13.7. The van der Waals surface area contributed by atoms with E-state index in [9.17, 15) is 18.0 Å². The molecule has 0 aliphatic rings. The molecule has 1 atom stereocenters. The van der Waals surface area contributed by atoms with E-state index in [1.807, 2.05) is 31.2 Å². The van der Waals surface area contributed by atoms with E-state index in [0.717, 1.165) is 23.3 Å². The zero-order valence-electron chi connectivity index (χ0n) is 16.0. The highest BCUT2D eigenvalue weighted by Crippen LogP contribution is 2.24. The first-order valence-corrected chi connectivity index (χ1v) is 8.80. The van der Waals surface area contributed by atoms with Gasteiger partial charge < -0.3 is 9.73 Å². The minimum atomic E-state index is -1.64. The molecule has 2 aromatic carbocycles. The number of aryl methyl sites for hydroxylation is 1. The Labute approximate surface area is 165 Å². The van der Waals surface area contributed by atoms with Gasteiger partial charge in [-0.25, -0.2) is 13.2 Å². The van der Waals surface area contributed by atoms with Gasteiger partial charge in [-0.3, -0.25) is 9.69 Å². The standard InChI is InChI=1S/C20H19F3N4O2/c1-11-5-4-6-13(9-11)20-26-25-19(29-20)12(2)27(3)10-16(28)24-15-8-7-14(21)17(22)18(15)23/h4-9,12H,10H2,1-3H3,(H,24,28)/t12-/m1/s1. The van der Waals surface area contributed by atoms with Crippen LogP contribution in [-0.4, -0.2) is 34.6 Å². The fourth-order valence-electron chi connectivity index (χ4n) is 2.66. The number of carbonyl (C=O) groups excluding carboxylic acids is 1. The molecule has 1 N–H and O–H groups in total. The summed E-state index contributed by atoms with van der Waals surface area (Å²) in [6, 6.07) is 8.88. The van der Waals surface area contributed by atoms with Gasteiger partial charge in [-0.05, 0) is 45.2 Å². The van der Waals surface area contributed by atoms with Gasteiger partial charge in [0.25, 0.3) is 0 Å². The lowest BCUT2D eigenvalue weighted by molar-refractivity contribution is -0.117. The van der Waals surface area contributed by atoms with Gasteiger partial charge in [0.15, 0.2) is 17.5 Å². The number of carbonyl (C=O) groups is 1. The predicted molar refractivity (Wildman–Crippen MR) is 100 cm³/mol. The number of halogens is 3. The molecule has 1 heterocycles. The molecule has 3 rings (SSSR count). The summed E-state index contributed by atoms with van der Waals surface area (Å²) in [5, 5.41) is 10.3. The third-order valence-electron chi connectivity index (χ3n) is 4.43. The molecule has 6 nitrogen and oxygen atoms in total. The zero-order valence-corrected chi connectivity index (χ0v) is 16.0. The second-order valence-corrected chi connectivity index (χ2v) is 6.68. The number of nitrogens with zero attached hydrogens (tertiary/aromatic N) is 3. The highest BCUT2D eigenvalue weighted by atomic mass is 19.2. The number of hydrogen-bond acceptors (Lipinski definition) is 5. The highest BCUT2D eigenvalue weighted by Gasteiger charge is 2.22. The molecule has 0 bridgehead atoms. The van der Waals surface area contributed by atoms with Crippen molar-refractivity contribution in [1.29, 1.82) is 0 Å². The maximum Gasteiger partial charge on any atom is 0.247 e. The second kappa shape index (κ2) is 8.44. The first-order chi connectivity index (χ1) is 13.8. The molecule has 0 fully saturated rings. The molecule has 0 spiro atoms. The fraction of sp³-hybridized carbons (Fsp3) is 0.250. The van der Waals surface area contributed by atoms with Crippen LogP contribution >= 0.6 is 0 Å². The maximum atomic E-state index is 13.7. The van der Waals surface area contributed by atoms with Crippen molar-refractivity contribution in [2.45, 2.75) is 19.9 Å². The lowest BCUT2D eigenvalue weighted by Crippen LogP contribution is -2.32. The van der Waals surface area contributed by atoms with Gasteiger partial charge in [0.05, 0.1) is 18.3 Å². The van der Waals surface area contributed by atoms with Crippen LogP contribution in [0.25, 0.3) is 11.5 Å². The first kappa shape index (κ1) is 20.5. The Balaban J connectivity index is 1.65. The van der Waals surface area contributed by atoms with E-state index in [1.165, 1.54) is 0 Å². The van der Waals surface area contributed by atoms with Crippen molar-refractivity contribution < 1.29 is 22.4 Å². The van der Waals surface area contributed by atoms with Crippen molar-refractivity contribution in [1.82, 2.24) is 15.1 Å². The summed E-state index contributed by atoms with van der Waals surface area (Å²) >= 11 is 0. The topological polar surface area (TPSA) is 71.3 Å². The summed E-state index contributed by atoms with van der Waals surface area (Å²) in [4.78, 5) is 13.8. The summed E-state index contributed by atoms with van der Waals surface area (Å²) in [6.07, 6.45) is 0. The van der Waals surface area contributed by atoms with E-state index in [-0.39, 0.29) is 6.54 Å². The van der Waals surface area contributed by atoms with Gasteiger partial charge >= 0.3 is 0 Å². The molecular formula is C20H19F3N4O2. The lowest BCUT2D eigenvalue weighted by Gasteiger charge is -2.21. The molecule has 1 amide bonds. The Morgan fingerprint density at radius 3 is 2.66 bits per heavy atom. The minimum absolute atomic E-state index is 0.165. The Kier molecular flexibility index (Phi) is 5.97. The van der Waals surface area contributed by atoms with E-state index in [2.05, 4.69) is 15.5 Å². The summed E-state index contributed by atoms with van der Waals surface area (Å²) in [7, 11) is 1.64. The van der Waals surface area contributed by atoms with Crippen LogP contribution in [0.3, 0.4) is 0 Å². The number of aromatic nitrogens is 2. The average Bonchev–Trinajstić information content (AvgIpc) is 3.18. The molecule has 29 heavy (non-hydrogen) atoms. The van der Waals surface area contributed by atoms with E-state index < -0.39 is 35.1 Å². The van der Waals surface area contributed by atoms with Gasteiger partial charge in [-0.2, -0.15) is 0 Å². The first-order valence-electron chi connectivity index (χ1n) is 8.80. The zero-order chi connectivity index (χ0) is 21.1. The van der Waals surface area contributed by atoms with Crippen molar-refractivity contribution in [3.8, 4) is 11.5 Å². The van der Waals surface area contributed by atoms with Crippen molar-refractivity contribution in [3.63, 3.8) is 0 Å². The van der Waals surface area contributed by atoms with Crippen LogP contribution in [0.4, 0.5) is 18.9 Å². The van der Waals surface area contributed by atoms with Crippen molar-refractivity contribution in [2.24, 2.45) is 0 Å². The molecule has 0 aliphatic carbocycles. The van der Waals surface area contributed by atoms with Gasteiger partial charge in [0, 0.05) is 5.56 Å². The van der Waals surface area contributed by atoms with Crippen LogP contribution in [0.15, 0.2) is 40.8 Å². The molecule has 0 radical (unpaired) electrons.